The number of amides is 1. The minimum Gasteiger partial charge on any atom is -0.378 e. The van der Waals surface area contributed by atoms with Crippen LogP contribution in [0.4, 0.5) is 5.69 Å². The van der Waals surface area contributed by atoms with Gasteiger partial charge in [0.2, 0.25) is 0 Å². The molecule has 3 rings (SSSR count). The van der Waals surface area contributed by atoms with Crippen LogP contribution in [-0.4, -0.2) is 36.5 Å². The van der Waals surface area contributed by atoms with Crippen LogP contribution in [-0.2, 0) is 9.53 Å². The number of benzene rings is 1. The third-order valence-electron chi connectivity index (χ3n) is 3.21. The number of anilines is 1. The van der Waals surface area contributed by atoms with Gasteiger partial charge in [0.05, 0.1) is 18.1 Å². The molecule has 0 unspecified atom stereocenters. The number of morpholine rings is 1. The van der Waals surface area contributed by atoms with Gasteiger partial charge in [-0.3, -0.25) is 4.79 Å². The summed E-state index contributed by atoms with van der Waals surface area (Å²) in [6, 6.07) is 8.20. The quantitative estimate of drug-likeness (QED) is 0.669. The van der Waals surface area contributed by atoms with Crippen LogP contribution in [0, 0.1) is 0 Å². The predicted molar refractivity (Wildman–Crippen MR) is 85.8 cm³/mol. The van der Waals surface area contributed by atoms with E-state index in [9.17, 15) is 4.79 Å². The molecule has 0 spiro atoms. The summed E-state index contributed by atoms with van der Waals surface area (Å²) in [5.41, 5.74) is 2.19. The monoisotopic (exact) mass is 306 g/mol. The van der Waals surface area contributed by atoms with Crippen LogP contribution < -0.4 is 10.2 Å². The van der Waals surface area contributed by atoms with Gasteiger partial charge in [-0.25, -0.2) is 0 Å². The summed E-state index contributed by atoms with van der Waals surface area (Å²) in [5, 5.41) is 2.62. The molecule has 104 valence electrons. The highest BCUT2D eigenvalue weighted by Gasteiger charge is 2.21. The van der Waals surface area contributed by atoms with E-state index in [1.807, 2.05) is 18.2 Å². The summed E-state index contributed by atoms with van der Waals surface area (Å²) in [5.74, 6) is -0.114. The number of nitrogens with zero attached hydrogens (tertiary/aromatic N) is 1. The van der Waals surface area contributed by atoms with Crippen molar-refractivity contribution in [2.45, 2.75) is 0 Å². The van der Waals surface area contributed by atoms with Gasteiger partial charge in [-0.2, -0.15) is 0 Å². The highest BCUT2D eigenvalue weighted by molar-refractivity contribution is 8.26. The van der Waals surface area contributed by atoms with Gasteiger partial charge in [0.25, 0.3) is 5.91 Å². The molecule has 2 aliphatic rings. The second-order valence-corrected chi connectivity index (χ2v) is 6.26. The number of thiocarbonyl (C=S) groups is 1. The molecule has 0 aromatic heterocycles. The Bertz CT molecular complexity index is 563. The van der Waals surface area contributed by atoms with Gasteiger partial charge in [0.15, 0.2) is 0 Å². The molecule has 0 bridgehead atoms. The molecule has 0 radical (unpaired) electrons. The zero-order valence-electron chi connectivity index (χ0n) is 10.8. The zero-order valence-corrected chi connectivity index (χ0v) is 12.4. The van der Waals surface area contributed by atoms with E-state index in [4.69, 9.17) is 17.0 Å². The Hall–Kier alpha value is -1.37. The molecule has 0 aliphatic carbocycles. The molecule has 20 heavy (non-hydrogen) atoms. The Balaban J connectivity index is 1.74. The first kappa shape index (κ1) is 13.6. The first-order valence-corrected chi connectivity index (χ1v) is 7.62. The maximum Gasteiger partial charge on any atom is 0.263 e. The number of carbonyl (C=O) groups excluding carboxylic acids is 1. The zero-order chi connectivity index (χ0) is 13.9. The Morgan fingerprint density at radius 3 is 2.55 bits per heavy atom. The lowest BCUT2D eigenvalue weighted by molar-refractivity contribution is -0.115. The fourth-order valence-electron chi connectivity index (χ4n) is 2.18. The number of ether oxygens (including phenoxy) is 1. The molecule has 1 amide bonds. The van der Waals surface area contributed by atoms with E-state index >= 15 is 0 Å². The van der Waals surface area contributed by atoms with Crippen LogP contribution in [0.3, 0.4) is 0 Å². The molecule has 4 nitrogen and oxygen atoms in total. The van der Waals surface area contributed by atoms with Crippen LogP contribution in [0.15, 0.2) is 29.2 Å². The number of thioether (sulfide) groups is 1. The molecule has 2 saturated heterocycles. The molecular weight excluding hydrogens is 292 g/mol. The number of hydrogen-bond donors (Lipinski definition) is 1. The van der Waals surface area contributed by atoms with E-state index in [2.05, 4.69) is 22.3 Å². The van der Waals surface area contributed by atoms with Crippen molar-refractivity contribution in [3.05, 3.63) is 34.7 Å². The maximum atomic E-state index is 11.6. The number of hydrogen-bond acceptors (Lipinski definition) is 5. The van der Waals surface area contributed by atoms with E-state index in [1.165, 1.54) is 17.4 Å². The molecular formula is C14H14N2O2S2. The average molecular weight is 306 g/mol. The maximum absolute atomic E-state index is 11.6. The van der Waals surface area contributed by atoms with Crippen molar-refractivity contribution in [1.82, 2.24) is 5.32 Å². The highest BCUT2D eigenvalue weighted by Crippen LogP contribution is 2.26. The van der Waals surface area contributed by atoms with Crippen LogP contribution in [0.2, 0.25) is 0 Å². The summed E-state index contributed by atoms with van der Waals surface area (Å²) in [6.07, 6.45) is 1.86. The lowest BCUT2D eigenvalue weighted by atomic mass is 10.1. The van der Waals surface area contributed by atoms with E-state index in [-0.39, 0.29) is 5.91 Å². The van der Waals surface area contributed by atoms with Gasteiger partial charge >= 0.3 is 0 Å². The van der Waals surface area contributed by atoms with Crippen LogP contribution in [0.1, 0.15) is 5.56 Å². The fraction of sp³-hybridized carbons (Fsp3) is 0.286. The third kappa shape index (κ3) is 3.03. The second-order valence-electron chi connectivity index (χ2n) is 4.54. The van der Waals surface area contributed by atoms with Crippen molar-refractivity contribution < 1.29 is 9.53 Å². The standard InChI is InChI=1S/C14H14N2O2S2/c17-13-12(20-14(19)15-13)9-10-1-3-11(4-2-10)16-5-7-18-8-6-16/h1-4,9H,5-8H2,(H,15,17,19)/b12-9-. The molecule has 2 heterocycles. The molecule has 6 heteroatoms. The summed E-state index contributed by atoms with van der Waals surface area (Å²) in [4.78, 5) is 14.5. The largest absolute Gasteiger partial charge is 0.378 e. The van der Waals surface area contributed by atoms with Crippen LogP contribution in [0.5, 0.6) is 0 Å². The van der Waals surface area contributed by atoms with Crippen molar-refractivity contribution >= 4 is 46.0 Å². The third-order valence-corrected chi connectivity index (χ3v) is 4.37. The lowest BCUT2D eigenvalue weighted by Gasteiger charge is -2.28. The molecule has 0 atom stereocenters. The average Bonchev–Trinajstić information content (AvgIpc) is 2.79. The fourth-order valence-corrected chi connectivity index (χ4v) is 3.22. The first-order chi connectivity index (χ1) is 9.72. The molecule has 0 saturated carbocycles. The Kier molecular flexibility index (Phi) is 4.05. The van der Waals surface area contributed by atoms with Gasteiger partial charge in [0.1, 0.15) is 4.32 Å². The summed E-state index contributed by atoms with van der Waals surface area (Å²) >= 11 is 6.27. The minimum atomic E-state index is -0.114. The summed E-state index contributed by atoms with van der Waals surface area (Å²) in [6.45, 7) is 3.40. The van der Waals surface area contributed by atoms with Gasteiger partial charge in [-0.15, -0.1) is 0 Å². The molecule has 2 aliphatic heterocycles. The SMILES string of the molecule is O=C1NC(=S)S/C1=C\c1ccc(N2CCOCC2)cc1. The van der Waals surface area contributed by atoms with Gasteiger partial charge in [-0.05, 0) is 23.8 Å². The van der Waals surface area contributed by atoms with Crippen molar-refractivity contribution in [1.29, 1.82) is 0 Å². The predicted octanol–water partition coefficient (Wildman–Crippen LogP) is 2.01. The highest BCUT2D eigenvalue weighted by atomic mass is 32.2. The Morgan fingerprint density at radius 1 is 1.25 bits per heavy atom. The normalized spacial score (nSPS) is 21.4. The van der Waals surface area contributed by atoms with Crippen molar-refractivity contribution in [2.75, 3.05) is 31.2 Å². The van der Waals surface area contributed by atoms with E-state index in [0.717, 1.165) is 31.9 Å². The number of carbonyl (C=O) groups is 1. The van der Waals surface area contributed by atoms with E-state index in [0.29, 0.717) is 9.23 Å². The second kappa shape index (κ2) is 5.95. The smallest absolute Gasteiger partial charge is 0.263 e. The molecule has 1 N–H and O–H groups in total. The lowest BCUT2D eigenvalue weighted by Crippen LogP contribution is -2.36. The Labute approximate surface area is 127 Å². The Morgan fingerprint density at radius 2 is 1.95 bits per heavy atom. The first-order valence-electron chi connectivity index (χ1n) is 6.40. The minimum absolute atomic E-state index is 0.114. The van der Waals surface area contributed by atoms with E-state index in [1.54, 1.807) is 0 Å². The molecule has 2 fully saturated rings. The van der Waals surface area contributed by atoms with Gasteiger partial charge < -0.3 is 15.0 Å². The van der Waals surface area contributed by atoms with Gasteiger partial charge in [-0.1, -0.05) is 36.1 Å². The van der Waals surface area contributed by atoms with Gasteiger partial charge in [0, 0.05) is 18.8 Å². The summed E-state index contributed by atoms with van der Waals surface area (Å²) in [7, 11) is 0. The number of rotatable bonds is 2. The van der Waals surface area contributed by atoms with Crippen molar-refractivity contribution in [3.8, 4) is 0 Å². The van der Waals surface area contributed by atoms with E-state index < -0.39 is 0 Å². The topological polar surface area (TPSA) is 41.6 Å². The van der Waals surface area contributed by atoms with Crippen LogP contribution in [0.25, 0.3) is 6.08 Å². The molecule has 1 aromatic rings. The van der Waals surface area contributed by atoms with Crippen molar-refractivity contribution in [2.24, 2.45) is 0 Å². The number of nitrogens with one attached hydrogen (secondary N) is 1. The van der Waals surface area contributed by atoms with Crippen LogP contribution >= 0.6 is 24.0 Å². The molecule has 1 aromatic carbocycles. The summed E-state index contributed by atoms with van der Waals surface area (Å²) < 4.78 is 5.86. The van der Waals surface area contributed by atoms with Crippen molar-refractivity contribution in [3.63, 3.8) is 0 Å².